The summed E-state index contributed by atoms with van der Waals surface area (Å²) in [5.74, 6) is -0.0594. The Labute approximate surface area is 165 Å². The molecule has 0 bridgehead atoms. The van der Waals surface area contributed by atoms with Gasteiger partial charge >= 0.3 is 0 Å². The second-order valence-electron chi connectivity index (χ2n) is 5.75. The van der Waals surface area contributed by atoms with Crippen molar-refractivity contribution in [1.82, 2.24) is 10.2 Å². The van der Waals surface area contributed by atoms with Crippen LogP contribution >= 0.6 is 34.9 Å². The number of hydrogen-bond donors (Lipinski definition) is 1. The van der Waals surface area contributed by atoms with Crippen molar-refractivity contribution in [3.63, 3.8) is 0 Å². The molecule has 0 aliphatic rings. The van der Waals surface area contributed by atoms with E-state index in [9.17, 15) is 4.79 Å². The number of aromatic nitrogens is 2. The number of carbonyl (C=O) groups is 1. The Morgan fingerprint density at radius 2 is 1.81 bits per heavy atom. The van der Waals surface area contributed by atoms with Gasteiger partial charge in [0, 0.05) is 5.69 Å². The van der Waals surface area contributed by atoms with E-state index in [2.05, 4.69) is 15.5 Å². The molecule has 0 saturated heterocycles. The van der Waals surface area contributed by atoms with E-state index in [1.807, 2.05) is 68.6 Å². The first kappa shape index (κ1) is 18.9. The van der Waals surface area contributed by atoms with Crippen LogP contribution in [0.4, 0.5) is 5.69 Å². The predicted octanol–water partition coefficient (Wildman–Crippen LogP) is 5.35. The number of aryl methyl sites for hydroxylation is 2. The second kappa shape index (κ2) is 8.70. The maximum absolute atomic E-state index is 13.1. The molecule has 7 heteroatoms. The van der Waals surface area contributed by atoms with Gasteiger partial charge in [-0.05, 0) is 42.9 Å². The molecule has 0 fully saturated rings. The molecular formula is C19H19N3OS3. The van der Waals surface area contributed by atoms with Crippen molar-refractivity contribution in [2.45, 2.75) is 27.8 Å². The number of hydrogen-bond acceptors (Lipinski definition) is 6. The van der Waals surface area contributed by atoms with Crippen LogP contribution in [0.15, 0.2) is 57.2 Å². The Bertz CT molecular complexity index is 896. The van der Waals surface area contributed by atoms with Crippen molar-refractivity contribution in [3.05, 3.63) is 65.2 Å². The Morgan fingerprint density at radius 3 is 2.50 bits per heavy atom. The number of carbonyl (C=O) groups excluding carboxylic acids is 1. The smallest absolute Gasteiger partial charge is 0.242 e. The van der Waals surface area contributed by atoms with E-state index in [1.54, 1.807) is 11.8 Å². The van der Waals surface area contributed by atoms with Crippen molar-refractivity contribution >= 4 is 46.5 Å². The fraction of sp³-hybridized carbons (Fsp3) is 0.211. The third kappa shape index (κ3) is 4.66. The normalized spacial score (nSPS) is 12.0. The predicted molar refractivity (Wildman–Crippen MR) is 111 cm³/mol. The van der Waals surface area contributed by atoms with Gasteiger partial charge in [-0.3, -0.25) is 4.79 Å². The van der Waals surface area contributed by atoms with Gasteiger partial charge < -0.3 is 5.32 Å². The van der Waals surface area contributed by atoms with Gasteiger partial charge in [0.1, 0.15) is 5.25 Å². The summed E-state index contributed by atoms with van der Waals surface area (Å²) < 4.78 is 1.69. The summed E-state index contributed by atoms with van der Waals surface area (Å²) in [6, 6.07) is 15.8. The first-order valence-electron chi connectivity index (χ1n) is 8.04. The SMILES string of the molecule is CSc1nnc(S[C@H](C(=O)Nc2cc(C)ccc2C)c2ccccc2)s1. The van der Waals surface area contributed by atoms with Crippen LogP contribution in [0.3, 0.4) is 0 Å². The fourth-order valence-corrected chi connectivity index (χ4v) is 5.03. The van der Waals surface area contributed by atoms with Gasteiger partial charge in [0.25, 0.3) is 0 Å². The summed E-state index contributed by atoms with van der Waals surface area (Å²) in [6.07, 6.45) is 1.97. The molecule has 0 saturated carbocycles. The van der Waals surface area contributed by atoms with Crippen LogP contribution in [0, 0.1) is 13.8 Å². The number of anilines is 1. The van der Waals surface area contributed by atoms with E-state index in [0.29, 0.717) is 0 Å². The minimum absolute atomic E-state index is 0.0594. The van der Waals surface area contributed by atoms with Gasteiger partial charge in [-0.25, -0.2) is 0 Å². The lowest BCUT2D eigenvalue weighted by Gasteiger charge is -2.17. The average Bonchev–Trinajstić information content (AvgIpc) is 3.11. The summed E-state index contributed by atoms with van der Waals surface area (Å²) in [5, 5.41) is 11.0. The minimum Gasteiger partial charge on any atom is -0.325 e. The molecule has 1 heterocycles. The largest absolute Gasteiger partial charge is 0.325 e. The molecule has 0 aliphatic heterocycles. The summed E-state index contributed by atoms with van der Waals surface area (Å²) >= 11 is 4.50. The molecule has 1 amide bonds. The molecular weight excluding hydrogens is 382 g/mol. The standard InChI is InChI=1S/C19H19N3OS3/c1-12-9-10-13(2)15(11-12)20-17(23)16(14-7-5-4-6-8-14)25-19-22-21-18(24-3)26-19/h4-11,16H,1-3H3,(H,20,23)/t16-/m0/s1. The molecule has 3 aromatic rings. The molecule has 2 aromatic carbocycles. The molecule has 26 heavy (non-hydrogen) atoms. The zero-order valence-electron chi connectivity index (χ0n) is 14.7. The Balaban J connectivity index is 1.87. The molecule has 0 unspecified atom stereocenters. The number of thioether (sulfide) groups is 2. The van der Waals surface area contributed by atoms with Crippen LogP contribution in [0.1, 0.15) is 21.9 Å². The van der Waals surface area contributed by atoms with Gasteiger partial charge in [0.05, 0.1) is 0 Å². The van der Waals surface area contributed by atoms with Crippen molar-refractivity contribution < 1.29 is 4.79 Å². The molecule has 0 radical (unpaired) electrons. The zero-order chi connectivity index (χ0) is 18.5. The van der Waals surface area contributed by atoms with Crippen LogP contribution in [-0.2, 0) is 4.79 Å². The Morgan fingerprint density at radius 1 is 1.08 bits per heavy atom. The third-order valence-electron chi connectivity index (χ3n) is 3.77. The summed E-state index contributed by atoms with van der Waals surface area (Å²) in [7, 11) is 0. The van der Waals surface area contributed by atoms with Crippen LogP contribution in [0.5, 0.6) is 0 Å². The van der Waals surface area contributed by atoms with Crippen molar-refractivity contribution in [2.24, 2.45) is 0 Å². The molecule has 3 rings (SSSR count). The van der Waals surface area contributed by atoms with E-state index >= 15 is 0 Å². The first-order chi connectivity index (χ1) is 12.6. The van der Waals surface area contributed by atoms with E-state index in [1.165, 1.54) is 23.1 Å². The van der Waals surface area contributed by atoms with E-state index in [0.717, 1.165) is 31.1 Å². The Hall–Kier alpha value is -1.83. The van der Waals surface area contributed by atoms with E-state index < -0.39 is 5.25 Å². The first-order valence-corrected chi connectivity index (χ1v) is 11.0. The quantitative estimate of drug-likeness (QED) is 0.564. The molecule has 1 aromatic heterocycles. The maximum atomic E-state index is 13.1. The number of nitrogens with zero attached hydrogens (tertiary/aromatic N) is 2. The van der Waals surface area contributed by atoms with Crippen molar-refractivity contribution in [3.8, 4) is 0 Å². The van der Waals surface area contributed by atoms with E-state index in [-0.39, 0.29) is 5.91 Å². The fourth-order valence-electron chi connectivity index (χ4n) is 2.40. The summed E-state index contributed by atoms with van der Waals surface area (Å²) in [5.41, 5.74) is 3.95. The van der Waals surface area contributed by atoms with Gasteiger partial charge in [0.2, 0.25) is 5.91 Å². The number of benzene rings is 2. The van der Waals surface area contributed by atoms with Crippen molar-refractivity contribution in [1.29, 1.82) is 0 Å². The molecule has 1 atom stereocenters. The highest BCUT2D eigenvalue weighted by Gasteiger charge is 2.24. The lowest BCUT2D eigenvalue weighted by molar-refractivity contribution is -0.115. The number of nitrogens with one attached hydrogen (secondary N) is 1. The lowest BCUT2D eigenvalue weighted by atomic mass is 10.1. The van der Waals surface area contributed by atoms with Gasteiger partial charge in [-0.15, -0.1) is 10.2 Å². The second-order valence-corrected chi connectivity index (χ2v) is 9.14. The maximum Gasteiger partial charge on any atom is 0.242 e. The van der Waals surface area contributed by atoms with Gasteiger partial charge in [-0.2, -0.15) is 0 Å². The number of rotatable bonds is 6. The topological polar surface area (TPSA) is 54.9 Å². The van der Waals surface area contributed by atoms with E-state index in [4.69, 9.17) is 0 Å². The lowest BCUT2D eigenvalue weighted by Crippen LogP contribution is -2.19. The summed E-state index contributed by atoms with van der Waals surface area (Å²) in [4.78, 5) is 13.1. The van der Waals surface area contributed by atoms with Crippen LogP contribution < -0.4 is 5.32 Å². The monoisotopic (exact) mass is 401 g/mol. The van der Waals surface area contributed by atoms with Crippen molar-refractivity contribution in [2.75, 3.05) is 11.6 Å². The number of amides is 1. The molecule has 1 N–H and O–H groups in total. The highest BCUT2D eigenvalue weighted by Crippen LogP contribution is 2.39. The van der Waals surface area contributed by atoms with Gasteiger partial charge in [-0.1, -0.05) is 77.3 Å². The highest BCUT2D eigenvalue weighted by molar-refractivity contribution is 8.03. The third-order valence-corrected chi connectivity index (χ3v) is 7.01. The van der Waals surface area contributed by atoms with Gasteiger partial charge in [0.15, 0.2) is 8.68 Å². The summed E-state index contributed by atoms with van der Waals surface area (Å²) in [6.45, 7) is 4.01. The minimum atomic E-state index is -0.390. The van der Waals surface area contributed by atoms with Crippen LogP contribution in [0.2, 0.25) is 0 Å². The molecule has 0 spiro atoms. The van der Waals surface area contributed by atoms with Crippen LogP contribution in [-0.4, -0.2) is 22.4 Å². The highest BCUT2D eigenvalue weighted by atomic mass is 32.2. The van der Waals surface area contributed by atoms with Crippen LogP contribution in [0.25, 0.3) is 0 Å². The molecule has 4 nitrogen and oxygen atoms in total. The average molecular weight is 402 g/mol. The Kier molecular flexibility index (Phi) is 6.34. The molecule has 0 aliphatic carbocycles. The molecule has 134 valence electrons. The zero-order valence-corrected chi connectivity index (χ0v) is 17.2.